The summed E-state index contributed by atoms with van der Waals surface area (Å²) >= 11 is 1.35. The Labute approximate surface area is 117 Å². The molecule has 1 heterocycles. The van der Waals surface area contributed by atoms with Gasteiger partial charge in [0.15, 0.2) is 0 Å². The minimum Gasteiger partial charge on any atom is -0.343 e. The van der Waals surface area contributed by atoms with E-state index >= 15 is 0 Å². The van der Waals surface area contributed by atoms with Gasteiger partial charge in [-0.1, -0.05) is 0 Å². The van der Waals surface area contributed by atoms with Crippen LogP contribution in [0.3, 0.4) is 0 Å². The second kappa shape index (κ2) is 5.74. The molecule has 20 heavy (non-hydrogen) atoms. The van der Waals surface area contributed by atoms with Crippen molar-refractivity contribution in [1.82, 2.24) is 10.3 Å². The Balaban J connectivity index is 2.20. The summed E-state index contributed by atoms with van der Waals surface area (Å²) in [5.74, 6) is -1.52. The van der Waals surface area contributed by atoms with Crippen molar-refractivity contribution >= 4 is 22.9 Å². The highest BCUT2D eigenvalue weighted by Gasteiger charge is 2.19. The predicted octanol–water partition coefficient (Wildman–Crippen LogP) is 2.68. The average Bonchev–Trinajstić information content (AvgIpc) is 2.92. The van der Waals surface area contributed by atoms with Crippen LogP contribution < -0.4 is 5.32 Å². The fraction of sp³-hybridized carbons (Fsp3) is 0.167. The minimum atomic E-state index is -0.806. The van der Waals surface area contributed by atoms with E-state index in [2.05, 4.69) is 10.3 Å². The number of hydrogen-bond acceptors (Lipinski definition) is 5. The molecule has 8 heteroatoms. The third-order valence-electron chi connectivity index (χ3n) is 2.57. The monoisotopic (exact) mass is 295 g/mol. The number of carbonyl (C=O) groups is 1. The van der Waals surface area contributed by atoms with Crippen molar-refractivity contribution in [1.29, 1.82) is 0 Å². The van der Waals surface area contributed by atoms with Gasteiger partial charge in [-0.2, -0.15) is 0 Å². The number of nitro benzene ring substituents is 1. The molecule has 1 amide bonds. The second-order valence-electron chi connectivity index (χ2n) is 3.99. The van der Waals surface area contributed by atoms with E-state index in [9.17, 15) is 19.3 Å². The number of non-ortho nitro benzene ring substituents is 1. The van der Waals surface area contributed by atoms with Crippen molar-refractivity contribution in [3.63, 3.8) is 0 Å². The van der Waals surface area contributed by atoms with Crippen LogP contribution in [0.2, 0.25) is 0 Å². The largest absolute Gasteiger partial charge is 0.343 e. The Hall–Kier alpha value is -2.35. The van der Waals surface area contributed by atoms with E-state index in [1.165, 1.54) is 11.3 Å². The Kier molecular flexibility index (Phi) is 4.04. The van der Waals surface area contributed by atoms with Crippen molar-refractivity contribution in [2.24, 2.45) is 0 Å². The molecule has 1 aromatic carbocycles. The molecule has 1 atom stereocenters. The summed E-state index contributed by atoms with van der Waals surface area (Å²) in [4.78, 5) is 25.9. The third kappa shape index (κ3) is 2.97. The molecule has 6 nitrogen and oxygen atoms in total. The summed E-state index contributed by atoms with van der Waals surface area (Å²) < 4.78 is 13.6. The van der Waals surface area contributed by atoms with Crippen LogP contribution in [0, 0.1) is 15.9 Å². The molecule has 0 radical (unpaired) electrons. The van der Waals surface area contributed by atoms with E-state index in [0.717, 1.165) is 18.2 Å². The first-order chi connectivity index (χ1) is 9.49. The van der Waals surface area contributed by atoms with Gasteiger partial charge in [0.25, 0.3) is 11.6 Å². The van der Waals surface area contributed by atoms with Gasteiger partial charge in [-0.05, 0) is 13.0 Å². The number of rotatable bonds is 4. The summed E-state index contributed by atoms with van der Waals surface area (Å²) in [7, 11) is 0. The summed E-state index contributed by atoms with van der Waals surface area (Å²) in [6.07, 6.45) is 1.59. The van der Waals surface area contributed by atoms with Crippen LogP contribution in [-0.4, -0.2) is 15.8 Å². The molecule has 2 rings (SSSR count). The van der Waals surface area contributed by atoms with Gasteiger partial charge >= 0.3 is 0 Å². The molecule has 0 saturated heterocycles. The molecule has 0 spiro atoms. The average molecular weight is 295 g/mol. The van der Waals surface area contributed by atoms with Crippen molar-refractivity contribution in [2.75, 3.05) is 0 Å². The Morgan fingerprint density at radius 3 is 2.90 bits per heavy atom. The van der Waals surface area contributed by atoms with Gasteiger partial charge in [0, 0.05) is 23.7 Å². The number of thiazole rings is 1. The topological polar surface area (TPSA) is 85.1 Å². The fourth-order valence-corrected chi connectivity index (χ4v) is 2.23. The van der Waals surface area contributed by atoms with Gasteiger partial charge in [0.05, 0.1) is 16.5 Å². The normalized spacial score (nSPS) is 11.9. The maximum absolute atomic E-state index is 13.6. The van der Waals surface area contributed by atoms with Crippen LogP contribution >= 0.6 is 11.3 Å². The Morgan fingerprint density at radius 2 is 2.30 bits per heavy atom. The number of benzene rings is 1. The van der Waals surface area contributed by atoms with Crippen LogP contribution in [0.5, 0.6) is 0 Å². The molecule has 2 aromatic rings. The van der Waals surface area contributed by atoms with Crippen LogP contribution in [0.25, 0.3) is 0 Å². The molecule has 0 fully saturated rings. The number of nitro groups is 1. The Morgan fingerprint density at radius 1 is 1.55 bits per heavy atom. The zero-order valence-corrected chi connectivity index (χ0v) is 11.2. The lowest BCUT2D eigenvalue weighted by Gasteiger charge is -2.11. The number of aromatic nitrogens is 1. The zero-order chi connectivity index (χ0) is 14.7. The number of hydrogen-bond donors (Lipinski definition) is 1. The number of nitrogens with zero attached hydrogens (tertiary/aromatic N) is 2. The quantitative estimate of drug-likeness (QED) is 0.694. The third-order valence-corrected chi connectivity index (χ3v) is 3.53. The highest BCUT2D eigenvalue weighted by Crippen LogP contribution is 2.19. The smallest absolute Gasteiger partial charge is 0.270 e. The summed E-state index contributed by atoms with van der Waals surface area (Å²) in [6, 6.07) is 2.43. The van der Waals surface area contributed by atoms with E-state index in [1.807, 2.05) is 0 Å². The number of halogens is 1. The lowest BCUT2D eigenvalue weighted by molar-refractivity contribution is -0.384. The predicted molar refractivity (Wildman–Crippen MR) is 71.0 cm³/mol. The lowest BCUT2D eigenvalue weighted by atomic mass is 10.1. The van der Waals surface area contributed by atoms with Gasteiger partial charge in [-0.3, -0.25) is 14.9 Å². The minimum absolute atomic E-state index is 0.335. The Bertz CT molecular complexity index is 645. The first-order valence-corrected chi connectivity index (χ1v) is 6.51. The summed E-state index contributed by atoms with van der Waals surface area (Å²) in [6.45, 7) is 1.70. The standard InChI is InChI=1S/C12H10FN3O3S/c1-7(12-14-4-5-20-12)15-11(17)9-6-8(16(18)19)2-3-10(9)13/h2-7H,1H3,(H,15,17). The van der Waals surface area contributed by atoms with Crippen molar-refractivity contribution < 1.29 is 14.1 Å². The van der Waals surface area contributed by atoms with Crippen LogP contribution in [-0.2, 0) is 0 Å². The maximum atomic E-state index is 13.6. The molecule has 0 saturated carbocycles. The van der Waals surface area contributed by atoms with Gasteiger partial charge in [0.1, 0.15) is 10.8 Å². The summed E-state index contributed by atoms with van der Waals surface area (Å²) in [5.41, 5.74) is -0.693. The fourth-order valence-electron chi connectivity index (χ4n) is 1.59. The molecule has 0 aliphatic rings. The number of amides is 1. The highest BCUT2D eigenvalue weighted by atomic mass is 32.1. The van der Waals surface area contributed by atoms with E-state index in [1.54, 1.807) is 18.5 Å². The van der Waals surface area contributed by atoms with Gasteiger partial charge in [-0.25, -0.2) is 9.37 Å². The molecular weight excluding hydrogens is 285 g/mol. The number of carbonyl (C=O) groups excluding carboxylic acids is 1. The second-order valence-corrected chi connectivity index (χ2v) is 4.91. The van der Waals surface area contributed by atoms with E-state index in [-0.39, 0.29) is 11.3 Å². The molecule has 104 valence electrons. The maximum Gasteiger partial charge on any atom is 0.270 e. The molecular formula is C12H10FN3O3S. The van der Waals surface area contributed by atoms with Crippen LogP contribution in [0.4, 0.5) is 10.1 Å². The molecule has 1 unspecified atom stereocenters. The van der Waals surface area contributed by atoms with Crippen molar-refractivity contribution in [2.45, 2.75) is 13.0 Å². The first kappa shape index (κ1) is 14.1. The first-order valence-electron chi connectivity index (χ1n) is 5.63. The van der Waals surface area contributed by atoms with Crippen LogP contribution in [0.1, 0.15) is 28.3 Å². The SMILES string of the molecule is CC(NC(=O)c1cc([N+](=O)[O-])ccc1F)c1nccs1. The van der Waals surface area contributed by atoms with Gasteiger partial charge in [0.2, 0.25) is 0 Å². The van der Waals surface area contributed by atoms with Crippen LogP contribution in [0.15, 0.2) is 29.8 Å². The molecule has 0 aliphatic carbocycles. The molecule has 0 aliphatic heterocycles. The highest BCUT2D eigenvalue weighted by molar-refractivity contribution is 7.09. The zero-order valence-electron chi connectivity index (χ0n) is 10.4. The van der Waals surface area contributed by atoms with Gasteiger partial charge in [-0.15, -0.1) is 11.3 Å². The van der Waals surface area contributed by atoms with E-state index < -0.39 is 22.7 Å². The van der Waals surface area contributed by atoms with Crippen molar-refractivity contribution in [3.8, 4) is 0 Å². The molecule has 1 aromatic heterocycles. The molecule has 1 N–H and O–H groups in total. The number of nitrogens with one attached hydrogen (secondary N) is 1. The summed E-state index contributed by atoms with van der Waals surface area (Å²) in [5, 5.41) is 15.6. The van der Waals surface area contributed by atoms with E-state index in [0.29, 0.717) is 5.01 Å². The van der Waals surface area contributed by atoms with Gasteiger partial charge < -0.3 is 5.32 Å². The lowest BCUT2D eigenvalue weighted by Crippen LogP contribution is -2.27. The van der Waals surface area contributed by atoms with Crippen molar-refractivity contribution in [3.05, 3.63) is 56.3 Å². The van der Waals surface area contributed by atoms with E-state index in [4.69, 9.17) is 0 Å². The molecule has 0 bridgehead atoms.